The van der Waals surface area contributed by atoms with Crippen molar-refractivity contribution in [2.24, 2.45) is 0 Å². The van der Waals surface area contributed by atoms with Crippen molar-refractivity contribution in [3.05, 3.63) is 94.3 Å². The maximum atomic E-state index is 13.8. The minimum atomic E-state index is -0.594. The number of aromatic nitrogens is 2. The van der Waals surface area contributed by atoms with Gasteiger partial charge >= 0.3 is 11.9 Å². The third-order valence-corrected chi connectivity index (χ3v) is 10.7. The van der Waals surface area contributed by atoms with Gasteiger partial charge in [-0.15, -0.1) is 0 Å². The van der Waals surface area contributed by atoms with Crippen LogP contribution in [-0.2, 0) is 31.9 Å². The quantitative estimate of drug-likeness (QED) is 0.0817. The summed E-state index contributed by atoms with van der Waals surface area (Å²) in [5.41, 5.74) is 7.42. The predicted molar refractivity (Wildman–Crippen MR) is 209 cm³/mol. The fourth-order valence-electron chi connectivity index (χ4n) is 8.56. The van der Waals surface area contributed by atoms with Crippen molar-refractivity contribution in [1.82, 2.24) is 20.1 Å². The van der Waals surface area contributed by atoms with Crippen molar-refractivity contribution in [3.63, 3.8) is 0 Å². The Balaban J connectivity index is 1.30. The first-order valence-corrected chi connectivity index (χ1v) is 19.9. The molecule has 54 heavy (non-hydrogen) atoms. The molecule has 4 aromatic rings. The Labute approximate surface area is 319 Å². The highest BCUT2D eigenvalue weighted by Gasteiger charge is 2.40. The number of aryl methyl sites for hydroxylation is 4. The minimum absolute atomic E-state index is 0.0346. The van der Waals surface area contributed by atoms with Crippen molar-refractivity contribution >= 4 is 11.9 Å². The molecule has 6 rings (SSSR count). The van der Waals surface area contributed by atoms with Crippen molar-refractivity contribution in [2.45, 2.75) is 117 Å². The van der Waals surface area contributed by atoms with E-state index in [1.165, 1.54) is 12.2 Å². The van der Waals surface area contributed by atoms with Crippen LogP contribution in [0.25, 0.3) is 22.6 Å². The van der Waals surface area contributed by atoms with E-state index >= 15 is 0 Å². The molecule has 10 nitrogen and oxygen atoms in total. The van der Waals surface area contributed by atoms with E-state index in [2.05, 4.69) is 59.9 Å². The van der Waals surface area contributed by atoms with Gasteiger partial charge < -0.3 is 18.5 Å². The highest BCUT2D eigenvalue weighted by Crippen LogP contribution is 2.43. The summed E-state index contributed by atoms with van der Waals surface area (Å²) in [6.07, 6.45) is 8.63. The Morgan fingerprint density at radius 2 is 1.06 bits per heavy atom. The van der Waals surface area contributed by atoms with Crippen LogP contribution in [0.4, 0.5) is 0 Å². The molecule has 2 aliphatic carbocycles. The second-order valence-electron chi connectivity index (χ2n) is 14.8. The molecule has 0 spiro atoms. The summed E-state index contributed by atoms with van der Waals surface area (Å²) < 4.78 is 24.3. The molecule has 288 valence electrons. The van der Waals surface area contributed by atoms with Crippen LogP contribution in [0.5, 0.6) is 0 Å². The predicted octanol–water partition coefficient (Wildman–Crippen LogP) is 8.91. The molecule has 0 fully saturated rings. The first-order chi connectivity index (χ1) is 26.3. The molecule has 2 aliphatic rings. The van der Waals surface area contributed by atoms with Gasteiger partial charge in [0.25, 0.3) is 0 Å². The standard InChI is InChI=1S/C44H56N4O6/c1-7-23-47(24-8-2)35-19-17-31-13-11-15-33(37-27-29(5)45-53-37)41(31)43(35)51-39(49)21-22-40(50)52-44-36(48(25-9-3)26-10-4)20-18-32-14-12-16-34(42(32)44)38-28-30(6)46-54-38/h11-16,21-22,27-28,35-36,43-44H,7-10,17-20,23-26H2,1-6H3/b22-21-. The van der Waals surface area contributed by atoms with Crippen LogP contribution in [0.15, 0.2) is 69.7 Å². The summed E-state index contributed by atoms with van der Waals surface area (Å²) in [4.78, 5) is 32.6. The highest BCUT2D eigenvalue weighted by atomic mass is 16.6. The molecule has 10 heteroatoms. The van der Waals surface area contributed by atoms with Crippen LogP contribution in [0, 0.1) is 13.8 Å². The van der Waals surface area contributed by atoms with Crippen LogP contribution in [0.3, 0.4) is 0 Å². The van der Waals surface area contributed by atoms with Gasteiger partial charge in [0.15, 0.2) is 11.5 Å². The number of fused-ring (bicyclic) bond motifs is 2. The van der Waals surface area contributed by atoms with Crippen LogP contribution in [-0.4, -0.2) is 70.3 Å². The van der Waals surface area contributed by atoms with Crippen LogP contribution >= 0.6 is 0 Å². The van der Waals surface area contributed by atoms with Gasteiger partial charge in [-0.1, -0.05) is 74.4 Å². The van der Waals surface area contributed by atoms with Gasteiger partial charge in [0.2, 0.25) is 0 Å². The number of ether oxygens (including phenoxy) is 2. The smallest absolute Gasteiger partial charge is 0.331 e. The number of esters is 2. The van der Waals surface area contributed by atoms with Gasteiger partial charge in [0.1, 0.15) is 12.2 Å². The lowest BCUT2D eigenvalue weighted by molar-refractivity contribution is -0.150. The summed E-state index contributed by atoms with van der Waals surface area (Å²) in [5.74, 6) is 0.0989. The zero-order valence-corrected chi connectivity index (χ0v) is 32.8. The van der Waals surface area contributed by atoms with Crippen molar-refractivity contribution in [3.8, 4) is 22.6 Å². The van der Waals surface area contributed by atoms with E-state index in [-0.39, 0.29) is 12.1 Å². The normalized spacial score (nSPS) is 19.6. The molecule has 2 aromatic carbocycles. The van der Waals surface area contributed by atoms with Gasteiger partial charge in [-0.2, -0.15) is 0 Å². The molecule has 0 amide bonds. The summed E-state index contributed by atoms with van der Waals surface area (Å²) in [7, 11) is 0. The Morgan fingerprint density at radius 1 is 0.667 bits per heavy atom. The summed E-state index contributed by atoms with van der Waals surface area (Å²) in [6, 6.07) is 16.0. The summed E-state index contributed by atoms with van der Waals surface area (Å²) in [6.45, 7) is 16.0. The topological polar surface area (TPSA) is 111 Å². The average molecular weight is 737 g/mol. The SMILES string of the molecule is CCCN(CCC)C1CCc2cccc(-c3cc(C)no3)c2C1OC(=O)/C=C\C(=O)OC1c2c(cccc2-c2cc(C)no2)CCC1N(CCC)CCC. The number of benzene rings is 2. The third-order valence-electron chi connectivity index (χ3n) is 10.7. The van der Waals surface area contributed by atoms with Crippen LogP contribution in [0.1, 0.15) is 112 Å². The molecule has 0 bridgehead atoms. The third kappa shape index (κ3) is 8.71. The van der Waals surface area contributed by atoms with E-state index in [9.17, 15) is 9.59 Å². The second kappa shape index (κ2) is 18.2. The first-order valence-electron chi connectivity index (χ1n) is 19.9. The zero-order valence-electron chi connectivity index (χ0n) is 32.8. The lowest BCUT2D eigenvalue weighted by atomic mass is 9.81. The molecule has 0 N–H and O–H groups in total. The van der Waals surface area contributed by atoms with Gasteiger partial charge in [-0.25, -0.2) is 9.59 Å². The maximum Gasteiger partial charge on any atom is 0.331 e. The minimum Gasteiger partial charge on any atom is -0.453 e. The Kier molecular flexibility index (Phi) is 13.2. The van der Waals surface area contributed by atoms with E-state index in [1.54, 1.807) is 0 Å². The highest BCUT2D eigenvalue weighted by molar-refractivity contribution is 5.92. The number of hydrogen-bond acceptors (Lipinski definition) is 10. The fraction of sp³-hybridized carbons (Fsp3) is 0.500. The van der Waals surface area contributed by atoms with Gasteiger partial charge in [-0.05, 0) is 103 Å². The Hall–Kier alpha value is -4.54. The second-order valence-corrected chi connectivity index (χ2v) is 14.8. The molecule has 0 aliphatic heterocycles. The van der Waals surface area contributed by atoms with E-state index in [1.807, 2.05) is 50.2 Å². The molecular formula is C44H56N4O6. The van der Waals surface area contributed by atoms with Gasteiger partial charge in [-0.3, -0.25) is 9.80 Å². The number of carbonyl (C=O) groups is 2. The number of nitrogens with zero attached hydrogens (tertiary/aromatic N) is 4. The molecule has 0 saturated heterocycles. The van der Waals surface area contributed by atoms with E-state index < -0.39 is 24.1 Å². The average Bonchev–Trinajstić information content (AvgIpc) is 3.81. The summed E-state index contributed by atoms with van der Waals surface area (Å²) in [5, 5.41) is 8.29. The Morgan fingerprint density at radius 3 is 1.39 bits per heavy atom. The van der Waals surface area contributed by atoms with E-state index in [0.717, 1.165) is 122 Å². The first kappa shape index (κ1) is 39.2. The van der Waals surface area contributed by atoms with Crippen LogP contribution < -0.4 is 0 Å². The van der Waals surface area contributed by atoms with Crippen LogP contribution in [0.2, 0.25) is 0 Å². The maximum absolute atomic E-state index is 13.8. The number of hydrogen-bond donors (Lipinski definition) is 0. The molecule has 2 aromatic heterocycles. The molecule has 4 unspecified atom stereocenters. The summed E-state index contributed by atoms with van der Waals surface area (Å²) >= 11 is 0. The van der Waals surface area contributed by atoms with Gasteiger partial charge in [0.05, 0.1) is 23.5 Å². The van der Waals surface area contributed by atoms with Crippen molar-refractivity contribution < 1.29 is 28.1 Å². The lowest BCUT2D eigenvalue weighted by Crippen LogP contribution is -2.45. The molecule has 4 atom stereocenters. The molecule has 0 saturated carbocycles. The van der Waals surface area contributed by atoms with Gasteiger partial charge in [0, 0.05) is 46.5 Å². The molecule has 0 radical (unpaired) electrons. The molecular weight excluding hydrogens is 681 g/mol. The van der Waals surface area contributed by atoms with Crippen molar-refractivity contribution in [1.29, 1.82) is 0 Å². The molecule has 2 heterocycles. The fourth-order valence-corrected chi connectivity index (χ4v) is 8.56. The Bertz CT molecular complexity index is 1760. The van der Waals surface area contributed by atoms with Crippen molar-refractivity contribution in [2.75, 3.05) is 26.2 Å². The number of rotatable bonds is 16. The largest absolute Gasteiger partial charge is 0.453 e. The van der Waals surface area contributed by atoms with E-state index in [0.29, 0.717) is 11.5 Å². The lowest BCUT2D eigenvalue weighted by Gasteiger charge is -2.41. The monoisotopic (exact) mass is 736 g/mol. The zero-order chi connectivity index (χ0) is 38.2. The van der Waals surface area contributed by atoms with E-state index in [4.69, 9.17) is 18.5 Å². The number of carbonyl (C=O) groups excluding carboxylic acids is 2.